The highest BCUT2D eigenvalue weighted by Crippen LogP contribution is 2.42. The number of esters is 2. The lowest BCUT2D eigenvalue weighted by molar-refractivity contribution is -0.0560. The zero-order valence-corrected chi connectivity index (χ0v) is 24.7. The van der Waals surface area contributed by atoms with E-state index in [1.165, 1.54) is 6.92 Å². The molecular formula is C31H26Cl3NO6. The molecule has 0 unspecified atom stereocenters. The number of hydrogen-bond acceptors (Lipinski definition) is 6. The summed E-state index contributed by atoms with van der Waals surface area (Å²) in [5, 5.41) is 1.20. The summed E-state index contributed by atoms with van der Waals surface area (Å²) in [6, 6.07) is 17.2. The largest absolute Gasteiger partial charge is 0.459 e. The number of hydrogen-bond donors (Lipinski definition) is 0. The van der Waals surface area contributed by atoms with E-state index in [9.17, 15) is 14.4 Å². The fourth-order valence-electron chi connectivity index (χ4n) is 4.85. The van der Waals surface area contributed by atoms with Crippen LogP contribution >= 0.6 is 34.8 Å². The standard InChI is InChI=1S/C31H26Cl3NO6/c1-16-4-8-19(9-5-16)30(37)39-15-26-25(41-31(38)20-10-6-17(2)7-11-20)14-27(40-26)35-24-13-23(33)22(32)12-21(24)28(18(3)36)29(35)34/h4-13,25-27H,14-15H2,1-3H3/t25-,26+,27+/m0/s1. The Kier molecular flexibility index (Phi) is 8.43. The molecule has 0 saturated carbocycles. The van der Waals surface area contributed by atoms with Gasteiger partial charge >= 0.3 is 11.9 Å². The highest BCUT2D eigenvalue weighted by atomic mass is 35.5. The number of carbonyl (C=O) groups is 3. The molecule has 0 spiro atoms. The number of fused-ring (bicyclic) bond motifs is 1. The van der Waals surface area contributed by atoms with Gasteiger partial charge in [0.25, 0.3) is 0 Å². The van der Waals surface area contributed by atoms with Crippen molar-refractivity contribution in [3.05, 3.63) is 104 Å². The number of ether oxygens (including phenoxy) is 3. The van der Waals surface area contributed by atoms with Gasteiger partial charge in [-0.25, -0.2) is 9.59 Å². The minimum atomic E-state index is -0.819. The van der Waals surface area contributed by atoms with Gasteiger partial charge in [-0.15, -0.1) is 0 Å². The van der Waals surface area contributed by atoms with Gasteiger partial charge in [0.2, 0.25) is 0 Å². The van der Waals surface area contributed by atoms with Crippen LogP contribution in [0.4, 0.5) is 0 Å². The summed E-state index contributed by atoms with van der Waals surface area (Å²) in [6.45, 7) is 5.06. The summed E-state index contributed by atoms with van der Waals surface area (Å²) in [6.07, 6.45) is -2.21. The van der Waals surface area contributed by atoms with Crippen molar-refractivity contribution in [2.45, 2.75) is 45.6 Å². The predicted octanol–water partition coefficient (Wildman–Crippen LogP) is 7.79. The van der Waals surface area contributed by atoms with Crippen LogP contribution in [0.15, 0.2) is 60.7 Å². The van der Waals surface area contributed by atoms with Crippen LogP contribution in [-0.4, -0.2) is 41.1 Å². The molecule has 10 heteroatoms. The van der Waals surface area contributed by atoms with Crippen LogP contribution in [0.3, 0.4) is 0 Å². The third kappa shape index (κ3) is 5.99. The van der Waals surface area contributed by atoms with Crippen molar-refractivity contribution < 1.29 is 28.6 Å². The van der Waals surface area contributed by atoms with Crippen molar-refractivity contribution in [3.8, 4) is 0 Å². The highest BCUT2D eigenvalue weighted by molar-refractivity contribution is 6.43. The van der Waals surface area contributed by atoms with E-state index in [4.69, 9.17) is 49.0 Å². The van der Waals surface area contributed by atoms with Gasteiger partial charge in [-0.05, 0) is 57.2 Å². The Labute approximate surface area is 251 Å². The number of aromatic nitrogens is 1. The van der Waals surface area contributed by atoms with Gasteiger partial charge in [-0.1, -0.05) is 70.2 Å². The first-order chi connectivity index (χ1) is 19.5. The molecule has 1 fully saturated rings. The molecule has 1 aliphatic heterocycles. The van der Waals surface area contributed by atoms with Gasteiger partial charge in [0.05, 0.1) is 32.3 Å². The second-order valence-electron chi connectivity index (χ2n) is 10.0. The molecule has 2 heterocycles. The summed E-state index contributed by atoms with van der Waals surface area (Å²) < 4.78 is 19.4. The maximum Gasteiger partial charge on any atom is 0.338 e. The molecule has 1 saturated heterocycles. The molecule has 1 aliphatic rings. The van der Waals surface area contributed by atoms with E-state index in [1.807, 2.05) is 38.1 Å². The molecular weight excluding hydrogens is 589 g/mol. The van der Waals surface area contributed by atoms with Crippen LogP contribution in [0.1, 0.15) is 61.8 Å². The highest BCUT2D eigenvalue weighted by Gasteiger charge is 2.41. The number of carbonyl (C=O) groups excluding carboxylic acids is 3. The van der Waals surface area contributed by atoms with Gasteiger partial charge in [0.1, 0.15) is 30.2 Å². The van der Waals surface area contributed by atoms with E-state index in [0.717, 1.165) is 11.1 Å². The number of halogens is 3. The summed E-state index contributed by atoms with van der Waals surface area (Å²) in [5.41, 5.74) is 3.57. The molecule has 41 heavy (non-hydrogen) atoms. The topological polar surface area (TPSA) is 83.8 Å². The Balaban J connectivity index is 1.46. The lowest BCUT2D eigenvalue weighted by Gasteiger charge is -2.19. The van der Waals surface area contributed by atoms with E-state index in [-0.39, 0.29) is 39.6 Å². The fourth-order valence-corrected chi connectivity index (χ4v) is 5.60. The number of nitrogens with zero attached hydrogens (tertiary/aromatic N) is 1. The molecule has 4 aromatic rings. The first-order valence-electron chi connectivity index (χ1n) is 12.9. The van der Waals surface area contributed by atoms with Crippen molar-refractivity contribution in [3.63, 3.8) is 0 Å². The van der Waals surface area contributed by atoms with Gasteiger partial charge in [0.15, 0.2) is 5.78 Å². The quantitative estimate of drug-likeness (QED) is 0.156. The third-order valence-electron chi connectivity index (χ3n) is 7.02. The van der Waals surface area contributed by atoms with Crippen molar-refractivity contribution in [2.24, 2.45) is 0 Å². The normalized spacial score (nSPS) is 18.4. The van der Waals surface area contributed by atoms with E-state index in [0.29, 0.717) is 22.0 Å². The molecule has 0 N–H and O–H groups in total. The molecule has 1 aromatic heterocycles. The number of aryl methyl sites for hydroxylation is 2. The second kappa shape index (κ2) is 11.9. The Bertz CT molecular complexity index is 1650. The van der Waals surface area contributed by atoms with Crippen molar-refractivity contribution in [1.82, 2.24) is 4.57 Å². The van der Waals surface area contributed by atoms with Crippen LogP contribution in [0, 0.1) is 13.8 Å². The van der Waals surface area contributed by atoms with E-state index >= 15 is 0 Å². The molecule has 5 rings (SSSR count). The fraction of sp³-hybridized carbons (Fsp3) is 0.258. The number of benzene rings is 3. The van der Waals surface area contributed by atoms with Crippen LogP contribution in [0.2, 0.25) is 15.2 Å². The smallest absolute Gasteiger partial charge is 0.338 e. The average molecular weight is 615 g/mol. The zero-order chi connectivity index (χ0) is 29.4. The van der Waals surface area contributed by atoms with Crippen LogP contribution in [0.25, 0.3) is 10.9 Å². The van der Waals surface area contributed by atoms with E-state index < -0.39 is 30.4 Å². The minimum absolute atomic E-state index is 0.136. The molecule has 0 bridgehead atoms. The third-order valence-corrected chi connectivity index (χ3v) is 8.11. The lowest BCUT2D eigenvalue weighted by Crippen LogP contribution is -2.32. The van der Waals surface area contributed by atoms with Crippen LogP contribution < -0.4 is 0 Å². The monoisotopic (exact) mass is 613 g/mol. The molecule has 212 valence electrons. The predicted molar refractivity (Wildman–Crippen MR) is 157 cm³/mol. The summed E-state index contributed by atoms with van der Waals surface area (Å²) >= 11 is 19.3. The molecule has 0 aliphatic carbocycles. The van der Waals surface area contributed by atoms with Crippen molar-refractivity contribution >= 4 is 63.4 Å². The van der Waals surface area contributed by atoms with Crippen LogP contribution in [0.5, 0.6) is 0 Å². The molecule has 7 nitrogen and oxygen atoms in total. The first-order valence-corrected chi connectivity index (χ1v) is 14.0. The molecule has 0 amide bonds. The SMILES string of the molecule is CC(=O)c1c(Cl)n([C@H]2C[C@H](OC(=O)c3ccc(C)cc3)[C@@H](COC(=O)c3ccc(C)cc3)O2)c2cc(Cl)c(Cl)cc12. The van der Waals surface area contributed by atoms with Crippen LogP contribution in [-0.2, 0) is 14.2 Å². The maximum atomic E-state index is 13.1. The lowest BCUT2D eigenvalue weighted by atomic mass is 10.1. The van der Waals surface area contributed by atoms with Crippen molar-refractivity contribution in [1.29, 1.82) is 0 Å². The number of Topliss-reactive ketones (excluding diaryl/α,β-unsaturated/α-hetero) is 1. The van der Waals surface area contributed by atoms with E-state index in [1.54, 1.807) is 41.0 Å². The summed E-state index contributed by atoms with van der Waals surface area (Å²) in [4.78, 5) is 38.3. The van der Waals surface area contributed by atoms with E-state index in [2.05, 4.69) is 0 Å². The maximum absolute atomic E-state index is 13.1. The Morgan fingerprint density at radius 2 is 1.44 bits per heavy atom. The zero-order valence-electron chi connectivity index (χ0n) is 22.5. The first kappa shape index (κ1) is 29.1. The van der Waals surface area contributed by atoms with Gasteiger partial charge < -0.3 is 18.8 Å². The second-order valence-corrected chi connectivity index (χ2v) is 11.2. The van der Waals surface area contributed by atoms with Gasteiger partial charge in [-0.3, -0.25) is 4.79 Å². The molecule has 3 aromatic carbocycles. The van der Waals surface area contributed by atoms with Gasteiger partial charge in [-0.2, -0.15) is 0 Å². The van der Waals surface area contributed by atoms with Gasteiger partial charge in [0, 0.05) is 11.8 Å². The Morgan fingerprint density at radius 3 is 2.02 bits per heavy atom. The number of ketones is 1. The van der Waals surface area contributed by atoms with Crippen molar-refractivity contribution in [2.75, 3.05) is 6.61 Å². The Hall–Kier alpha value is -3.36. The minimum Gasteiger partial charge on any atom is -0.459 e. The number of rotatable bonds is 7. The Morgan fingerprint density at radius 1 is 0.878 bits per heavy atom. The molecule has 3 atom stereocenters. The summed E-state index contributed by atoms with van der Waals surface area (Å²) in [7, 11) is 0. The summed E-state index contributed by atoms with van der Waals surface area (Å²) in [5.74, 6) is -1.34. The molecule has 0 radical (unpaired) electrons. The average Bonchev–Trinajstić information content (AvgIpc) is 3.44.